The van der Waals surface area contributed by atoms with Gasteiger partial charge >= 0.3 is 0 Å². The minimum Gasteiger partial charge on any atom is -0.307 e. The minimum absolute atomic E-state index is 1.17. The van der Waals surface area contributed by atoms with Crippen LogP contribution in [0, 0.1) is 0 Å². The summed E-state index contributed by atoms with van der Waals surface area (Å²) in [7, 11) is 0. The van der Waals surface area contributed by atoms with E-state index in [-0.39, 0.29) is 0 Å². The summed E-state index contributed by atoms with van der Waals surface area (Å²) in [4.78, 5) is 0. The Balaban J connectivity index is 1.45. The fourth-order valence-corrected chi connectivity index (χ4v) is 7.60. The highest BCUT2D eigenvalue weighted by Gasteiger charge is 2.19. The summed E-state index contributed by atoms with van der Waals surface area (Å²) in [5.41, 5.74) is 7.25. The van der Waals surface area contributed by atoms with E-state index in [1.165, 1.54) is 75.2 Å². The number of rotatable bonds is 2. The SMILES string of the molecule is c1ccc(-n2c3ccccc3c3cc4sc5ccccc5c4cc32)c(-n2c3ccccc3c3ccccc32)c1. The smallest absolute Gasteiger partial charge is 0.0702 e. The Morgan fingerprint density at radius 2 is 0.795 bits per heavy atom. The van der Waals surface area contributed by atoms with Crippen LogP contribution < -0.4 is 0 Å². The van der Waals surface area contributed by atoms with Crippen LogP contribution in [-0.4, -0.2) is 9.13 Å². The lowest BCUT2D eigenvalue weighted by Crippen LogP contribution is -2.03. The predicted octanol–water partition coefficient (Wildman–Crippen LogP) is 10.2. The molecule has 0 atom stereocenters. The van der Waals surface area contributed by atoms with E-state index in [0.717, 1.165) is 0 Å². The molecule has 0 saturated heterocycles. The van der Waals surface area contributed by atoms with Crippen molar-refractivity contribution >= 4 is 75.1 Å². The van der Waals surface area contributed by atoms with E-state index in [2.05, 4.69) is 143 Å². The Kier molecular flexibility index (Phi) is 4.24. The summed E-state index contributed by atoms with van der Waals surface area (Å²) >= 11 is 1.88. The molecular weight excluding hydrogens is 492 g/mol. The Labute approximate surface area is 228 Å². The van der Waals surface area contributed by atoms with Gasteiger partial charge in [-0.25, -0.2) is 0 Å². The molecule has 9 aromatic rings. The summed E-state index contributed by atoms with van der Waals surface area (Å²) in [6, 6.07) is 48.7. The van der Waals surface area contributed by atoms with Crippen molar-refractivity contribution in [3.05, 3.63) is 133 Å². The molecule has 0 saturated carbocycles. The molecule has 39 heavy (non-hydrogen) atoms. The third-order valence-corrected chi connectivity index (χ3v) is 9.25. The molecule has 3 heteroatoms. The van der Waals surface area contributed by atoms with Crippen molar-refractivity contribution in [3.63, 3.8) is 0 Å². The van der Waals surface area contributed by atoms with Crippen LogP contribution in [0.15, 0.2) is 133 Å². The Morgan fingerprint density at radius 1 is 0.333 bits per heavy atom. The van der Waals surface area contributed by atoms with E-state index < -0.39 is 0 Å². The molecule has 0 aliphatic carbocycles. The molecule has 0 amide bonds. The van der Waals surface area contributed by atoms with E-state index in [0.29, 0.717) is 0 Å². The monoisotopic (exact) mass is 514 g/mol. The van der Waals surface area contributed by atoms with Crippen molar-refractivity contribution in [1.82, 2.24) is 9.13 Å². The first kappa shape index (κ1) is 21.1. The molecule has 3 aromatic heterocycles. The maximum Gasteiger partial charge on any atom is 0.0702 e. The van der Waals surface area contributed by atoms with Crippen molar-refractivity contribution in [2.24, 2.45) is 0 Å². The minimum atomic E-state index is 1.17. The summed E-state index contributed by atoms with van der Waals surface area (Å²) in [5.74, 6) is 0. The highest BCUT2D eigenvalue weighted by molar-refractivity contribution is 7.25. The van der Waals surface area contributed by atoms with Gasteiger partial charge in [-0.15, -0.1) is 11.3 Å². The van der Waals surface area contributed by atoms with Crippen molar-refractivity contribution in [3.8, 4) is 11.4 Å². The first-order chi connectivity index (χ1) is 19.4. The molecule has 9 rings (SSSR count). The predicted molar refractivity (Wildman–Crippen MR) is 168 cm³/mol. The molecule has 3 heterocycles. The molecule has 0 unspecified atom stereocenters. The van der Waals surface area contributed by atoms with Gasteiger partial charge in [-0.3, -0.25) is 0 Å². The van der Waals surface area contributed by atoms with Gasteiger partial charge in [-0.1, -0.05) is 84.9 Å². The van der Waals surface area contributed by atoms with Gasteiger partial charge in [0.2, 0.25) is 0 Å². The van der Waals surface area contributed by atoms with Gasteiger partial charge < -0.3 is 9.13 Å². The van der Waals surface area contributed by atoms with Crippen molar-refractivity contribution in [1.29, 1.82) is 0 Å². The third kappa shape index (κ3) is 2.85. The first-order valence-corrected chi connectivity index (χ1v) is 14.1. The van der Waals surface area contributed by atoms with Crippen LogP contribution in [0.4, 0.5) is 0 Å². The number of hydrogen-bond donors (Lipinski definition) is 0. The zero-order valence-corrected chi connectivity index (χ0v) is 21.8. The Morgan fingerprint density at radius 3 is 1.41 bits per heavy atom. The van der Waals surface area contributed by atoms with Crippen LogP contribution in [0.3, 0.4) is 0 Å². The highest BCUT2D eigenvalue weighted by Crippen LogP contribution is 2.42. The number of para-hydroxylation sites is 5. The molecule has 2 nitrogen and oxygen atoms in total. The topological polar surface area (TPSA) is 9.86 Å². The molecular formula is C36H22N2S. The molecule has 0 fully saturated rings. The quantitative estimate of drug-likeness (QED) is 0.217. The molecule has 0 radical (unpaired) electrons. The lowest BCUT2D eigenvalue weighted by molar-refractivity contribution is 1.10. The second kappa shape index (κ2) is 7.83. The van der Waals surface area contributed by atoms with E-state index in [1.807, 2.05) is 11.3 Å². The van der Waals surface area contributed by atoms with Crippen LogP contribution in [0.2, 0.25) is 0 Å². The lowest BCUT2D eigenvalue weighted by atomic mass is 10.1. The van der Waals surface area contributed by atoms with E-state index >= 15 is 0 Å². The first-order valence-electron chi connectivity index (χ1n) is 13.3. The van der Waals surface area contributed by atoms with Gasteiger partial charge in [0.05, 0.1) is 33.4 Å². The lowest BCUT2D eigenvalue weighted by Gasteiger charge is -2.16. The van der Waals surface area contributed by atoms with Crippen LogP contribution in [0.25, 0.3) is 75.2 Å². The van der Waals surface area contributed by atoms with Crippen LogP contribution in [0.5, 0.6) is 0 Å². The van der Waals surface area contributed by atoms with Crippen LogP contribution in [-0.2, 0) is 0 Å². The number of thiophene rings is 1. The summed E-state index contributed by atoms with van der Waals surface area (Å²) in [6.07, 6.45) is 0. The van der Waals surface area contributed by atoms with Gasteiger partial charge in [-0.05, 0) is 48.5 Å². The summed E-state index contributed by atoms with van der Waals surface area (Å²) in [6.45, 7) is 0. The number of aromatic nitrogens is 2. The largest absolute Gasteiger partial charge is 0.307 e. The summed E-state index contributed by atoms with van der Waals surface area (Å²) in [5, 5.41) is 7.77. The molecule has 0 bridgehead atoms. The van der Waals surface area contributed by atoms with Crippen molar-refractivity contribution in [2.75, 3.05) is 0 Å². The average molecular weight is 515 g/mol. The second-order valence-electron chi connectivity index (χ2n) is 10.2. The highest BCUT2D eigenvalue weighted by atomic mass is 32.1. The Bertz CT molecular complexity index is 2350. The van der Waals surface area contributed by atoms with Crippen molar-refractivity contribution in [2.45, 2.75) is 0 Å². The van der Waals surface area contributed by atoms with E-state index in [4.69, 9.17) is 0 Å². The number of hydrogen-bond acceptors (Lipinski definition) is 1. The number of nitrogens with zero attached hydrogens (tertiary/aromatic N) is 2. The van der Waals surface area contributed by atoms with Gasteiger partial charge in [0.15, 0.2) is 0 Å². The van der Waals surface area contributed by atoms with E-state index in [1.54, 1.807) is 0 Å². The number of fused-ring (bicyclic) bond motifs is 9. The van der Waals surface area contributed by atoms with Crippen molar-refractivity contribution < 1.29 is 0 Å². The van der Waals surface area contributed by atoms with Gasteiger partial charge in [0.1, 0.15) is 0 Å². The molecule has 0 aliphatic heterocycles. The second-order valence-corrected chi connectivity index (χ2v) is 11.3. The third-order valence-electron chi connectivity index (χ3n) is 8.11. The van der Waals surface area contributed by atoms with E-state index in [9.17, 15) is 0 Å². The average Bonchev–Trinajstić information content (AvgIpc) is 3.63. The van der Waals surface area contributed by atoms with Crippen LogP contribution in [0.1, 0.15) is 0 Å². The zero-order valence-electron chi connectivity index (χ0n) is 21.0. The Hall–Kier alpha value is -4.86. The molecule has 182 valence electrons. The standard InChI is InChI=1S/C36H22N2S/c1-5-15-29-23(11-1)24-12-2-6-16-30(24)37(29)32-18-8-9-19-33(32)38-31-17-7-3-13-25(31)27-22-36-28(21-34(27)38)26-14-4-10-20-35(26)39-36/h1-22H. The zero-order chi connectivity index (χ0) is 25.5. The maximum atomic E-state index is 2.47. The van der Waals surface area contributed by atoms with Gasteiger partial charge in [-0.2, -0.15) is 0 Å². The van der Waals surface area contributed by atoms with Gasteiger partial charge in [0.25, 0.3) is 0 Å². The van der Waals surface area contributed by atoms with Crippen LogP contribution >= 0.6 is 11.3 Å². The number of benzene rings is 6. The molecule has 0 spiro atoms. The fourth-order valence-electron chi connectivity index (χ4n) is 6.47. The van der Waals surface area contributed by atoms with Gasteiger partial charge in [0, 0.05) is 41.7 Å². The summed E-state index contributed by atoms with van der Waals surface area (Å²) < 4.78 is 7.57. The molecule has 0 aliphatic rings. The molecule has 6 aromatic carbocycles. The molecule has 0 N–H and O–H groups in total. The normalized spacial score (nSPS) is 12.1. The fraction of sp³-hybridized carbons (Fsp3) is 0. The maximum absolute atomic E-state index is 2.47.